The smallest absolute Gasteiger partial charge is 0.353 e. The molecule has 0 aliphatic carbocycles. The van der Waals surface area contributed by atoms with E-state index in [0.29, 0.717) is 36.8 Å². The van der Waals surface area contributed by atoms with Gasteiger partial charge < -0.3 is 31.1 Å². The van der Waals surface area contributed by atoms with Gasteiger partial charge in [-0.2, -0.15) is 0 Å². The lowest BCUT2D eigenvalue weighted by Gasteiger charge is -2.46. The number of amides is 2. The minimum Gasteiger partial charge on any atom is -0.477 e. The van der Waals surface area contributed by atoms with Gasteiger partial charge >= 0.3 is 5.97 Å². The van der Waals surface area contributed by atoms with E-state index in [0.717, 1.165) is 0 Å². The van der Waals surface area contributed by atoms with Crippen LogP contribution in [0.1, 0.15) is 27.2 Å². The summed E-state index contributed by atoms with van der Waals surface area (Å²) in [6, 6.07) is -0.692. The highest BCUT2D eigenvalue weighted by molar-refractivity contribution is 8.03. The van der Waals surface area contributed by atoms with Crippen LogP contribution in [-0.2, 0) is 14.4 Å². The molecule has 11 heteroatoms. The number of carbonyl (C=O) groups excluding carboxylic acids is 2. The SMILES string of the molecule is CC(=N)NCCNC(=O)[C@@H]1C[C@H](SC2=C(C(=O)O)N3C(=O)[C@H]([C@@H](C)O)[C@H]3[C@H]2C)CN1. The molecule has 0 aromatic rings. The summed E-state index contributed by atoms with van der Waals surface area (Å²) in [6.07, 6.45) is -0.275. The average Bonchev–Trinajstić information content (AvgIpc) is 3.21. The maximum Gasteiger partial charge on any atom is 0.353 e. The topological polar surface area (TPSA) is 155 Å². The Balaban J connectivity index is 1.61. The number of aliphatic carboxylic acids is 1. The van der Waals surface area contributed by atoms with Crippen molar-refractivity contribution >= 4 is 35.4 Å². The van der Waals surface area contributed by atoms with Gasteiger partial charge in [0.15, 0.2) is 0 Å². The molecule has 3 aliphatic rings. The summed E-state index contributed by atoms with van der Waals surface area (Å²) in [7, 11) is 0. The molecule has 0 radical (unpaired) electrons. The molecule has 3 aliphatic heterocycles. The van der Waals surface area contributed by atoms with Crippen LogP contribution in [0.15, 0.2) is 10.6 Å². The fourth-order valence-corrected chi connectivity index (χ4v) is 5.89. The lowest BCUT2D eigenvalue weighted by atomic mass is 9.79. The van der Waals surface area contributed by atoms with Crippen molar-refractivity contribution in [2.75, 3.05) is 19.6 Å². The normalized spacial score (nSPS) is 31.3. The number of fused-ring (bicyclic) bond motifs is 1. The molecule has 2 fully saturated rings. The molecule has 0 unspecified atom stereocenters. The minimum atomic E-state index is -1.14. The predicted octanol–water partition coefficient (Wildman–Crippen LogP) is -0.693. The van der Waals surface area contributed by atoms with E-state index in [1.165, 1.54) is 16.7 Å². The molecule has 0 bridgehead atoms. The molecule has 0 saturated carbocycles. The Morgan fingerprint density at radius 2 is 2.03 bits per heavy atom. The summed E-state index contributed by atoms with van der Waals surface area (Å²) in [6.45, 7) is 6.53. The molecule has 0 aromatic heterocycles. The molecule has 166 valence electrons. The second-order valence-corrected chi connectivity index (χ2v) is 9.39. The molecule has 2 amide bonds. The van der Waals surface area contributed by atoms with Gasteiger partial charge in [0.05, 0.1) is 29.9 Å². The first-order valence-electron chi connectivity index (χ1n) is 10.1. The second kappa shape index (κ2) is 8.94. The van der Waals surface area contributed by atoms with E-state index in [9.17, 15) is 24.6 Å². The number of aliphatic hydroxyl groups is 1. The van der Waals surface area contributed by atoms with Gasteiger partial charge in [-0.15, -0.1) is 11.8 Å². The zero-order chi connectivity index (χ0) is 22.2. The maximum absolute atomic E-state index is 12.4. The second-order valence-electron chi connectivity index (χ2n) is 8.05. The molecule has 0 spiro atoms. The minimum absolute atomic E-state index is 0.00768. The highest BCUT2D eigenvalue weighted by atomic mass is 32.2. The zero-order valence-corrected chi connectivity index (χ0v) is 18.1. The van der Waals surface area contributed by atoms with E-state index in [4.69, 9.17) is 5.41 Å². The van der Waals surface area contributed by atoms with E-state index in [-0.39, 0.29) is 40.8 Å². The molecule has 3 heterocycles. The Morgan fingerprint density at radius 3 is 2.63 bits per heavy atom. The monoisotopic (exact) mass is 439 g/mol. The van der Waals surface area contributed by atoms with Crippen molar-refractivity contribution in [3.8, 4) is 0 Å². The summed E-state index contributed by atoms with van der Waals surface area (Å²) in [5.41, 5.74) is 0.0142. The Bertz CT molecular complexity index is 785. The van der Waals surface area contributed by atoms with E-state index in [2.05, 4.69) is 16.0 Å². The van der Waals surface area contributed by atoms with Crippen molar-refractivity contribution in [3.63, 3.8) is 0 Å². The van der Waals surface area contributed by atoms with Gasteiger partial charge in [0.2, 0.25) is 11.8 Å². The predicted molar refractivity (Wildman–Crippen MR) is 112 cm³/mol. The number of β-lactam (4-membered cyclic amide) rings is 1. The van der Waals surface area contributed by atoms with E-state index in [1.54, 1.807) is 13.8 Å². The number of nitrogens with zero attached hydrogens (tertiary/aromatic N) is 1. The number of hydrogen-bond acceptors (Lipinski definition) is 7. The van der Waals surface area contributed by atoms with Crippen LogP contribution in [-0.4, -0.2) is 81.8 Å². The van der Waals surface area contributed by atoms with Gasteiger partial charge in [0, 0.05) is 35.7 Å². The molecule has 0 aromatic carbocycles. The third-order valence-electron chi connectivity index (χ3n) is 5.83. The molecule has 3 rings (SSSR count). The Labute approximate surface area is 179 Å². The third-order valence-corrected chi connectivity index (χ3v) is 7.34. The van der Waals surface area contributed by atoms with Crippen LogP contribution in [0, 0.1) is 17.2 Å². The highest BCUT2D eigenvalue weighted by Crippen LogP contribution is 2.51. The number of amidine groups is 1. The molecule has 10 nitrogen and oxygen atoms in total. The Morgan fingerprint density at radius 1 is 1.37 bits per heavy atom. The number of rotatable bonds is 8. The van der Waals surface area contributed by atoms with Gasteiger partial charge in [0.25, 0.3) is 0 Å². The molecular weight excluding hydrogens is 410 g/mol. The van der Waals surface area contributed by atoms with Crippen molar-refractivity contribution < 1.29 is 24.6 Å². The summed E-state index contributed by atoms with van der Waals surface area (Å²) in [5, 5.41) is 35.8. The summed E-state index contributed by atoms with van der Waals surface area (Å²) in [4.78, 5) is 38.6. The van der Waals surface area contributed by atoms with Crippen LogP contribution in [0.2, 0.25) is 0 Å². The van der Waals surface area contributed by atoms with Crippen molar-refractivity contribution in [2.45, 2.75) is 50.6 Å². The molecular formula is C19H29N5O5S. The van der Waals surface area contributed by atoms with Gasteiger partial charge in [-0.05, 0) is 20.3 Å². The first kappa shape index (κ1) is 22.6. The lowest BCUT2D eigenvalue weighted by molar-refractivity contribution is -0.163. The number of nitrogens with one attached hydrogen (secondary N) is 4. The fraction of sp³-hybridized carbons (Fsp3) is 0.684. The average molecular weight is 440 g/mol. The zero-order valence-electron chi connectivity index (χ0n) is 17.3. The van der Waals surface area contributed by atoms with Crippen molar-refractivity contribution in [1.29, 1.82) is 5.41 Å². The van der Waals surface area contributed by atoms with Gasteiger partial charge in [-0.1, -0.05) is 6.92 Å². The van der Waals surface area contributed by atoms with E-state index in [1.807, 2.05) is 6.92 Å². The van der Waals surface area contributed by atoms with Crippen LogP contribution in [0.5, 0.6) is 0 Å². The van der Waals surface area contributed by atoms with Gasteiger partial charge in [-0.3, -0.25) is 15.0 Å². The van der Waals surface area contributed by atoms with Gasteiger partial charge in [0.1, 0.15) is 5.70 Å². The van der Waals surface area contributed by atoms with Crippen LogP contribution >= 0.6 is 11.8 Å². The van der Waals surface area contributed by atoms with Crippen molar-refractivity contribution in [1.82, 2.24) is 20.9 Å². The largest absolute Gasteiger partial charge is 0.477 e. The number of carboxylic acid groups (broad SMARTS) is 1. The third kappa shape index (κ3) is 4.19. The molecule has 6 N–H and O–H groups in total. The van der Waals surface area contributed by atoms with Crippen LogP contribution < -0.4 is 16.0 Å². The number of thioether (sulfide) groups is 1. The number of carboxylic acids is 1. The van der Waals surface area contributed by atoms with Crippen LogP contribution in [0.25, 0.3) is 0 Å². The highest BCUT2D eigenvalue weighted by Gasteiger charge is 2.60. The Hall–Kier alpha value is -2.11. The molecule has 6 atom stereocenters. The molecule has 30 heavy (non-hydrogen) atoms. The fourth-order valence-electron chi connectivity index (χ4n) is 4.41. The van der Waals surface area contributed by atoms with E-state index < -0.39 is 18.0 Å². The number of hydrogen-bond donors (Lipinski definition) is 6. The molecule has 2 saturated heterocycles. The first-order chi connectivity index (χ1) is 14.1. The van der Waals surface area contributed by atoms with Crippen molar-refractivity contribution in [3.05, 3.63) is 10.6 Å². The quantitative estimate of drug-likeness (QED) is 0.126. The van der Waals surface area contributed by atoms with Crippen molar-refractivity contribution in [2.24, 2.45) is 11.8 Å². The van der Waals surface area contributed by atoms with Crippen LogP contribution in [0.3, 0.4) is 0 Å². The standard InChI is InChI=1S/C19H29N5O5S/c1-8-14-13(9(2)25)18(27)24(14)15(19(28)29)16(8)30-11-6-12(23-7-11)17(26)22-5-4-21-10(3)20/h8-9,11-14,23,25H,4-7H2,1-3H3,(H2,20,21)(H,22,26)(H,28,29)/t8-,9-,11+,12+,13-,14-/m1/s1. The summed E-state index contributed by atoms with van der Waals surface area (Å²) >= 11 is 1.42. The first-order valence-corrected chi connectivity index (χ1v) is 11.0. The number of carbonyl (C=O) groups is 3. The number of aliphatic hydroxyl groups excluding tert-OH is 1. The Kier molecular flexibility index (Phi) is 6.73. The summed E-state index contributed by atoms with van der Waals surface area (Å²) < 4.78 is 0. The van der Waals surface area contributed by atoms with E-state index >= 15 is 0 Å². The van der Waals surface area contributed by atoms with Gasteiger partial charge in [-0.25, -0.2) is 4.79 Å². The lowest BCUT2D eigenvalue weighted by Crippen LogP contribution is -2.63. The maximum atomic E-state index is 12.4. The van der Waals surface area contributed by atoms with Crippen LogP contribution in [0.4, 0.5) is 0 Å². The summed E-state index contributed by atoms with van der Waals surface area (Å²) in [5.74, 6) is -2.02.